The van der Waals surface area contributed by atoms with Gasteiger partial charge in [0.25, 0.3) is 11.8 Å². The van der Waals surface area contributed by atoms with Gasteiger partial charge in [0.15, 0.2) is 0 Å². The van der Waals surface area contributed by atoms with Crippen molar-refractivity contribution >= 4 is 28.8 Å². The molecule has 0 saturated heterocycles. The molecule has 0 atom stereocenters. The van der Waals surface area contributed by atoms with Crippen LogP contribution in [0.4, 0.5) is 5.69 Å². The standard InChI is InChI=1S/C21H17N5O3S/c1-26(21(28)17-10-6-12-30-17)16-9-3-2-7-14(16)20(27)23-13-18-24-19(25-29-18)15-8-4-5-11-22-15/h2-12H,13H2,1H3,(H,23,27). The Morgan fingerprint density at radius 3 is 2.70 bits per heavy atom. The van der Waals surface area contributed by atoms with Crippen molar-refractivity contribution in [3.8, 4) is 11.5 Å². The molecular formula is C21H17N5O3S. The molecule has 0 aliphatic rings. The van der Waals surface area contributed by atoms with Crippen LogP contribution in [-0.4, -0.2) is 34.0 Å². The highest BCUT2D eigenvalue weighted by molar-refractivity contribution is 7.12. The number of benzene rings is 1. The molecule has 150 valence electrons. The van der Waals surface area contributed by atoms with Crippen molar-refractivity contribution in [2.75, 3.05) is 11.9 Å². The number of rotatable bonds is 6. The van der Waals surface area contributed by atoms with Gasteiger partial charge < -0.3 is 14.7 Å². The van der Waals surface area contributed by atoms with E-state index in [1.165, 1.54) is 16.2 Å². The van der Waals surface area contributed by atoms with Crippen LogP contribution in [0.3, 0.4) is 0 Å². The Bertz CT molecular complexity index is 1160. The van der Waals surface area contributed by atoms with Crippen LogP contribution in [0.15, 0.2) is 70.7 Å². The number of aromatic nitrogens is 3. The number of anilines is 1. The van der Waals surface area contributed by atoms with Crippen LogP contribution in [0, 0.1) is 0 Å². The second kappa shape index (κ2) is 8.66. The molecule has 4 aromatic rings. The van der Waals surface area contributed by atoms with E-state index in [-0.39, 0.29) is 24.2 Å². The smallest absolute Gasteiger partial charge is 0.268 e. The maximum atomic E-state index is 12.8. The summed E-state index contributed by atoms with van der Waals surface area (Å²) in [5, 5.41) is 8.48. The van der Waals surface area contributed by atoms with E-state index in [1.54, 1.807) is 55.7 Å². The summed E-state index contributed by atoms with van der Waals surface area (Å²) in [6.07, 6.45) is 1.64. The first-order valence-corrected chi connectivity index (χ1v) is 9.94. The van der Waals surface area contributed by atoms with Crippen LogP contribution in [0.5, 0.6) is 0 Å². The van der Waals surface area contributed by atoms with E-state index in [0.29, 0.717) is 27.6 Å². The molecule has 0 spiro atoms. The molecule has 0 radical (unpaired) electrons. The number of carbonyl (C=O) groups is 2. The molecule has 1 N–H and O–H groups in total. The zero-order valence-electron chi connectivity index (χ0n) is 16.0. The Hall–Kier alpha value is -3.85. The molecule has 0 fully saturated rings. The SMILES string of the molecule is CN(C(=O)c1cccs1)c1ccccc1C(=O)NCc1nc(-c2ccccn2)no1. The maximum Gasteiger partial charge on any atom is 0.268 e. The van der Waals surface area contributed by atoms with Crippen LogP contribution >= 0.6 is 11.3 Å². The lowest BCUT2D eigenvalue weighted by molar-refractivity contribution is 0.0947. The first kappa shape index (κ1) is 19.5. The number of hydrogen-bond acceptors (Lipinski definition) is 7. The van der Waals surface area contributed by atoms with Crippen LogP contribution in [-0.2, 0) is 6.54 Å². The molecule has 2 amide bonds. The summed E-state index contributed by atoms with van der Waals surface area (Å²) >= 11 is 1.35. The summed E-state index contributed by atoms with van der Waals surface area (Å²) in [5.74, 6) is 0.0715. The first-order chi connectivity index (χ1) is 14.6. The minimum atomic E-state index is -0.353. The van der Waals surface area contributed by atoms with Gasteiger partial charge in [-0.1, -0.05) is 29.4 Å². The van der Waals surface area contributed by atoms with Gasteiger partial charge in [-0.15, -0.1) is 11.3 Å². The van der Waals surface area contributed by atoms with E-state index in [4.69, 9.17) is 4.52 Å². The van der Waals surface area contributed by atoms with Gasteiger partial charge in [-0.05, 0) is 35.7 Å². The highest BCUT2D eigenvalue weighted by Gasteiger charge is 2.20. The Morgan fingerprint density at radius 1 is 1.10 bits per heavy atom. The summed E-state index contributed by atoms with van der Waals surface area (Å²) in [6.45, 7) is 0.0512. The van der Waals surface area contributed by atoms with Crippen molar-refractivity contribution in [2.24, 2.45) is 0 Å². The van der Waals surface area contributed by atoms with E-state index in [1.807, 2.05) is 17.5 Å². The van der Waals surface area contributed by atoms with Crippen LogP contribution in [0.25, 0.3) is 11.5 Å². The second-order valence-corrected chi connectivity index (χ2v) is 7.22. The van der Waals surface area contributed by atoms with Crippen molar-refractivity contribution in [2.45, 2.75) is 6.54 Å². The number of amides is 2. The highest BCUT2D eigenvalue weighted by atomic mass is 32.1. The summed E-state index contributed by atoms with van der Waals surface area (Å²) in [5.41, 5.74) is 1.46. The number of carbonyl (C=O) groups excluding carboxylic acids is 2. The summed E-state index contributed by atoms with van der Waals surface area (Å²) < 4.78 is 5.19. The van der Waals surface area contributed by atoms with Crippen LogP contribution in [0.2, 0.25) is 0 Å². The molecule has 3 aromatic heterocycles. The van der Waals surface area contributed by atoms with Crippen molar-refractivity contribution in [1.29, 1.82) is 0 Å². The molecule has 1 aromatic carbocycles. The van der Waals surface area contributed by atoms with Gasteiger partial charge in [-0.2, -0.15) is 4.98 Å². The van der Waals surface area contributed by atoms with Crippen LogP contribution < -0.4 is 10.2 Å². The summed E-state index contributed by atoms with van der Waals surface area (Å²) in [7, 11) is 1.64. The van der Waals surface area contributed by atoms with Gasteiger partial charge in [-0.3, -0.25) is 14.6 Å². The fraction of sp³-hybridized carbons (Fsp3) is 0.0952. The maximum absolute atomic E-state index is 12.8. The molecule has 0 saturated carbocycles. The number of thiophene rings is 1. The van der Waals surface area contributed by atoms with Crippen molar-refractivity contribution in [1.82, 2.24) is 20.4 Å². The second-order valence-electron chi connectivity index (χ2n) is 6.27. The lowest BCUT2D eigenvalue weighted by atomic mass is 10.1. The fourth-order valence-corrected chi connectivity index (χ4v) is 3.51. The lowest BCUT2D eigenvalue weighted by Crippen LogP contribution is -2.30. The first-order valence-electron chi connectivity index (χ1n) is 9.06. The number of hydrogen-bond donors (Lipinski definition) is 1. The third-order valence-electron chi connectivity index (χ3n) is 4.31. The molecular weight excluding hydrogens is 402 g/mol. The molecule has 30 heavy (non-hydrogen) atoms. The van der Waals surface area contributed by atoms with Gasteiger partial charge in [0.2, 0.25) is 11.7 Å². The average Bonchev–Trinajstić information content (AvgIpc) is 3.49. The lowest BCUT2D eigenvalue weighted by Gasteiger charge is -2.19. The van der Waals surface area contributed by atoms with E-state index < -0.39 is 0 Å². The molecule has 4 rings (SSSR count). The predicted molar refractivity (Wildman–Crippen MR) is 112 cm³/mol. The van der Waals surface area contributed by atoms with E-state index in [0.717, 1.165) is 0 Å². The number of para-hydroxylation sites is 1. The Labute approximate surface area is 176 Å². The Morgan fingerprint density at radius 2 is 1.93 bits per heavy atom. The van der Waals surface area contributed by atoms with Gasteiger partial charge in [0.05, 0.1) is 22.7 Å². The summed E-state index contributed by atoms with van der Waals surface area (Å²) in [6, 6.07) is 15.9. The Kier molecular flexibility index (Phi) is 5.62. The molecule has 0 aliphatic carbocycles. The monoisotopic (exact) mass is 419 g/mol. The highest BCUT2D eigenvalue weighted by Crippen LogP contribution is 2.23. The van der Waals surface area contributed by atoms with Gasteiger partial charge in [0.1, 0.15) is 5.69 Å². The molecule has 8 nitrogen and oxygen atoms in total. The van der Waals surface area contributed by atoms with E-state index >= 15 is 0 Å². The average molecular weight is 419 g/mol. The largest absolute Gasteiger partial charge is 0.343 e. The Balaban J connectivity index is 1.47. The molecule has 3 heterocycles. The zero-order valence-corrected chi connectivity index (χ0v) is 16.8. The van der Waals surface area contributed by atoms with Crippen molar-refractivity contribution in [3.63, 3.8) is 0 Å². The van der Waals surface area contributed by atoms with Crippen molar-refractivity contribution < 1.29 is 14.1 Å². The number of nitrogens with zero attached hydrogens (tertiary/aromatic N) is 4. The molecule has 0 bridgehead atoms. The third-order valence-corrected chi connectivity index (χ3v) is 5.17. The molecule has 0 unspecified atom stereocenters. The summed E-state index contributed by atoms with van der Waals surface area (Å²) in [4.78, 5) is 35.9. The third kappa shape index (κ3) is 4.11. The van der Waals surface area contributed by atoms with E-state index in [9.17, 15) is 9.59 Å². The number of pyridine rings is 1. The zero-order chi connectivity index (χ0) is 20.9. The van der Waals surface area contributed by atoms with Crippen LogP contribution in [0.1, 0.15) is 25.9 Å². The fourth-order valence-electron chi connectivity index (χ4n) is 2.81. The number of nitrogens with one attached hydrogen (secondary N) is 1. The van der Waals surface area contributed by atoms with E-state index in [2.05, 4.69) is 20.4 Å². The quantitative estimate of drug-likeness (QED) is 0.514. The van der Waals surface area contributed by atoms with Gasteiger partial charge in [0, 0.05) is 13.2 Å². The predicted octanol–water partition coefficient (Wildman–Crippen LogP) is 3.40. The van der Waals surface area contributed by atoms with Gasteiger partial charge in [-0.25, -0.2) is 0 Å². The molecule has 9 heteroatoms. The van der Waals surface area contributed by atoms with Crippen molar-refractivity contribution in [3.05, 3.63) is 82.5 Å². The minimum absolute atomic E-state index is 0.0512. The topological polar surface area (TPSA) is 101 Å². The normalized spacial score (nSPS) is 10.6. The van der Waals surface area contributed by atoms with Gasteiger partial charge >= 0.3 is 0 Å². The molecule has 0 aliphatic heterocycles. The minimum Gasteiger partial charge on any atom is -0.343 e.